The molecule has 5 heteroatoms. The van der Waals surface area contributed by atoms with Gasteiger partial charge in [0.15, 0.2) is 14.1 Å². The highest BCUT2D eigenvalue weighted by atomic mass is 28.4. The first-order valence-electron chi connectivity index (χ1n) is 11.8. The molecule has 3 aliphatic carbocycles. The zero-order chi connectivity index (χ0) is 20.9. The summed E-state index contributed by atoms with van der Waals surface area (Å²) < 4.78 is 18.7. The summed E-state index contributed by atoms with van der Waals surface area (Å²) in [6, 6.07) is 0. The Kier molecular flexibility index (Phi) is 5.98. The summed E-state index contributed by atoms with van der Waals surface area (Å²) in [5, 5.41) is 10.9. The van der Waals surface area contributed by atoms with Crippen LogP contribution in [0.2, 0.25) is 18.1 Å². The molecule has 4 rings (SSSR count). The number of ether oxygens (including phenoxy) is 2. The standard InChI is InChI=1S/C24H40O4Si/c1-23(2,3)29(4,5)28-22(17-9-7-6-8-10-17)12-11-18-19-16-24(26-13-14-27-24)20(19)15-21(18)25/h17-22,25H,6-10,13-16H2,1-5H3. The number of hydrogen-bond acceptors (Lipinski definition) is 4. The van der Waals surface area contributed by atoms with E-state index in [1.165, 1.54) is 32.1 Å². The van der Waals surface area contributed by atoms with Gasteiger partial charge < -0.3 is 19.0 Å². The van der Waals surface area contributed by atoms with Crippen LogP contribution in [0.3, 0.4) is 0 Å². The lowest BCUT2D eigenvalue weighted by molar-refractivity contribution is -0.270. The van der Waals surface area contributed by atoms with Gasteiger partial charge in [0.05, 0.1) is 19.3 Å². The van der Waals surface area contributed by atoms with E-state index in [0.29, 0.717) is 31.0 Å². The third kappa shape index (κ3) is 4.08. The first kappa shape index (κ1) is 21.8. The van der Waals surface area contributed by atoms with E-state index in [-0.39, 0.29) is 23.2 Å². The number of fused-ring (bicyclic) bond motifs is 2. The van der Waals surface area contributed by atoms with E-state index < -0.39 is 14.1 Å². The lowest BCUT2D eigenvalue weighted by Gasteiger charge is -2.48. The van der Waals surface area contributed by atoms with Crippen LogP contribution in [0.4, 0.5) is 0 Å². The SMILES string of the molecule is CC(C)(C)[Si](C)(C)OC(C#CC1C(O)CC2C1CC21OCCO1)C1CCCCC1. The molecule has 0 radical (unpaired) electrons. The molecular formula is C24H40O4Si. The summed E-state index contributed by atoms with van der Waals surface area (Å²) in [6.45, 7) is 12.9. The van der Waals surface area contributed by atoms with Crippen LogP contribution in [-0.2, 0) is 13.9 Å². The first-order valence-corrected chi connectivity index (χ1v) is 14.7. The lowest BCUT2D eigenvalue weighted by atomic mass is 9.67. The van der Waals surface area contributed by atoms with Gasteiger partial charge in [-0.25, -0.2) is 0 Å². The number of hydrogen-bond donors (Lipinski definition) is 1. The zero-order valence-corrected chi connectivity index (χ0v) is 20.0. The van der Waals surface area contributed by atoms with E-state index in [1.54, 1.807) is 0 Å². The molecule has 0 aromatic heterocycles. The predicted molar refractivity (Wildman–Crippen MR) is 117 cm³/mol. The highest BCUT2D eigenvalue weighted by molar-refractivity contribution is 6.74. The van der Waals surface area contributed by atoms with Crippen molar-refractivity contribution in [3.63, 3.8) is 0 Å². The van der Waals surface area contributed by atoms with Gasteiger partial charge in [0, 0.05) is 18.3 Å². The maximum atomic E-state index is 10.8. The molecule has 5 atom stereocenters. The molecule has 0 amide bonds. The predicted octanol–water partition coefficient (Wildman–Crippen LogP) is 4.72. The van der Waals surface area contributed by atoms with Crippen molar-refractivity contribution >= 4 is 8.32 Å². The van der Waals surface area contributed by atoms with Crippen molar-refractivity contribution in [3.05, 3.63) is 0 Å². The van der Waals surface area contributed by atoms with Crippen molar-refractivity contribution in [2.24, 2.45) is 23.7 Å². The van der Waals surface area contributed by atoms with Crippen molar-refractivity contribution in [1.82, 2.24) is 0 Å². The van der Waals surface area contributed by atoms with E-state index in [0.717, 1.165) is 12.8 Å². The average molecular weight is 421 g/mol. The fourth-order valence-corrected chi connectivity index (χ4v) is 6.81. The fourth-order valence-electron chi connectivity index (χ4n) is 5.57. The molecule has 1 saturated heterocycles. The maximum absolute atomic E-state index is 10.8. The third-order valence-electron chi connectivity index (χ3n) is 8.45. The number of aliphatic hydroxyl groups excluding tert-OH is 1. The Morgan fingerprint density at radius 2 is 1.76 bits per heavy atom. The molecule has 3 saturated carbocycles. The zero-order valence-electron chi connectivity index (χ0n) is 19.0. The van der Waals surface area contributed by atoms with Gasteiger partial charge >= 0.3 is 0 Å². The minimum absolute atomic E-state index is 0.00968. The largest absolute Gasteiger partial charge is 0.403 e. The second kappa shape index (κ2) is 7.95. The molecular weight excluding hydrogens is 380 g/mol. The topological polar surface area (TPSA) is 47.9 Å². The summed E-state index contributed by atoms with van der Waals surface area (Å²) in [4.78, 5) is 0. The highest BCUT2D eigenvalue weighted by Crippen LogP contribution is 2.59. The van der Waals surface area contributed by atoms with Gasteiger partial charge in [-0.05, 0) is 49.2 Å². The van der Waals surface area contributed by atoms with Crippen LogP contribution in [-0.4, -0.2) is 44.6 Å². The van der Waals surface area contributed by atoms with Crippen LogP contribution in [0.5, 0.6) is 0 Å². The van der Waals surface area contributed by atoms with Crippen molar-refractivity contribution in [3.8, 4) is 11.8 Å². The second-order valence-corrected chi connectivity index (χ2v) is 16.1. The summed E-state index contributed by atoms with van der Waals surface area (Å²) in [5.74, 6) is 7.96. The number of aliphatic hydroxyl groups is 1. The van der Waals surface area contributed by atoms with Gasteiger partial charge in [0.1, 0.15) is 6.10 Å². The monoisotopic (exact) mass is 420 g/mol. The molecule has 0 aromatic rings. The Morgan fingerprint density at radius 3 is 2.38 bits per heavy atom. The van der Waals surface area contributed by atoms with Gasteiger partial charge in [-0.2, -0.15) is 0 Å². The molecule has 29 heavy (non-hydrogen) atoms. The van der Waals surface area contributed by atoms with Gasteiger partial charge in [-0.3, -0.25) is 0 Å². The summed E-state index contributed by atoms with van der Waals surface area (Å²) in [5.41, 5.74) is 0. The molecule has 0 bridgehead atoms. The highest BCUT2D eigenvalue weighted by Gasteiger charge is 2.64. The average Bonchev–Trinajstić information content (AvgIpc) is 3.24. The van der Waals surface area contributed by atoms with Crippen molar-refractivity contribution < 1.29 is 19.0 Å². The molecule has 1 heterocycles. The lowest BCUT2D eigenvalue weighted by Crippen LogP contribution is -2.53. The third-order valence-corrected chi connectivity index (χ3v) is 12.9. The normalized spacial score (nSPS) is 35.7. The van der Waals surface area contributed by atoms with Crippen molar-refractivity contribution in [1.29, 1.82) is 0 Å². The molecule has 1 aliphatic heterocycles. The Balaban J connectivity index is 1.50. The van der Waals surface area contributed by atoms with E-state index in [9.17, 15) is 5.11 Å². The van der Waals surface area contributed by atoms with Crippen LogP contribution in [0.15, 0.2) is 0 Å². The maximum Gasteiger partial charge on any atom is 0.193 e. The van der Waals surface area contributed by atoms with Crippen LogP contribution >= 0.6 is 0 Å². The second-order valence-electron chi connectivity index (χ2n) is 11.3. The molecule has 5 unspecified atom stereocenters. The van der Waals surface area contributed by atoms with Crippen LogP contribution < -0.4 is 0 Å². The number of rotatable bonds is 3. The van der Waals surface area contributed by atoms with Crippen LogP contribution in [0, 0.1) is 35.5 Å². The summed E-state index contributed by atoms with van der Waals surface area (Å²) in [7, 11) is -1.89. The Morgan fingerprint density at radius 1 is 1.10 bits per heavy atom. The van der Waals surface area contributed by atoms with Gasteiger partial charge in [-0.1, -0.05) is 51.9 Å². The molecule has 0 aromatic carbocycles. The van der Waals surface area contributed by atoms with Gasteiger partial charge in [0.2, 0.25) is 0 Å². The summed E-state index contributed by atoms with van der Waals surface area (Å²) >= 11 is 0. The van der Waals surface area contributed by atoms with E-state index in [2.05, 4.69) is 45.7 Å². The van der Waals surface area contributed by atoms with E-state index in [4.69, 9.17) is 13.9 Å². The van der Waals surface area contributed by atoms with Crippen molar-refractivity contribution in [2.75, 3.05) is 13.2 Å². The van der Waals surface area contributed by atoms with Crippen LogP contribution in [0.25, 0.3) is 0 Å². The Labute approximate surface area is 178 Å². The smallest absolute Gasteiger partial charge is 0.193 e. The quantitative estimate of drug-likeness (QED) is 0.530. The molecule has 4 nitrogen and oxygen atoms in total. The fraction of sp³-hybridized carbons (Fsp3) is 0.917. The first-order chi connectivity index (χ1) is 13.6. The minimum atomic E-state index is -1.89. The molecule has 1 spiro atoms. The van der Waals surface area contributed by atoms with E-state index >= 15 is 0 Å². The van der Waals surface area contributed by atoms with Gasteiger partial charge in [0.25, 0.3) is 0 Å². The van der Waals surface area contributed by atoms with Crippen LogP contribution in [0.1, 0.15) is 65.7 Å². The Hall–Kier alpha value is -0.383. The molecule has 4 aliphatic rings. The van der Waals surface area contributed by atoms with Crippen molar-refractivity contribution in [2.45, 2.75) is 102 Å². The molecule has 4 fully saturated rings. The Bertz CT molecular complexity index is 646. The molecule has 164 valence electrons. The van der Waals surface area contributed by atoms with Gasteiger partial charge in [-0.15, -0.1) is 0 Å². The summed E-state index contributed by atoms with van der Waals surface area (Å²) in [6.07, 6.45) is 7.63. The van der Waals surface area contributed by atoms with E-state index in [1.807, 2.05) is 0 Å². The minimum Gasteiger partial charge on any atom is -0.403 e. The molecule has 1 N–H and O–H groups in total.